The van der Waals surface area contributed by atoms with Gasteiger partial charge in [-0.1, -0.05) is 70.1 Å². The van der Waals surface area contributed by atoms with Crippen LogP contribution in [0.3, 0.4) is 0 Å². The van der Waals surface area contributed by atoms with E-state index in [1.165, 1.54) is 60.9 Å². The number of ether oxygens (including phenoxy) is 1. The molecule has 0 bridgehead atoms. The van der Waals surface area contributed by atoms with E-state index >= 15 is 0 Å². The number of hydrogen-bond donors (Lipinski definition) is 0. The highest BCUT2D eigenvalue weighted by molar-refractivity contribution is 6.55. The lowest BCUT2D eigenvalue weighted by atomic mass is 10.1. The highest BCUT2D eigenvalue weighted by atomic mass is 35.5. The summed E-state index contributed by atoms with van der Waals surface area (Å²) in [6, 6.07) is 14.2. The summed E-state index contributed by atoms with van der Waals surface area (Å²) in [6.45, 7) is -0.794. The van der Waals surface area contributed by atoms with Crippen molar-refractivity contribution in [2.45, 2.75) is 0 Å². The van der Waals surface area contributed by atoms with E-state index in [0.29, 0.717) is 10.0 Å². The van der Waals surface area contributed by atoms with E-state index in [0.717, 1.165) is 0 Å². The molecule has 0 aliphatic carbocycles. The maximum atomic E-state index is 13.7. The van der Waals surface area contributed by atoms with Gasteiger partial charge in [0, 0.05) is 5.56 Å². The summed E-state index contributed by atoms with van der Waals surface area (Å²) in [7, 11) is 0. The molecular weight excluding hydrogens is 654 g/mol. The summed E-state index contributed by atoms with van der Waals surface area (Å²) >= 11 is 30.9. The highest BCUT2D eigenvalue weighted by Crippen LogP contribution is 2.45. The Morgan fingerprint density at radius 3 is 1.90 bits per heavy atom. The fraction of sp³-hybridized carbons (Fsp3) is 0.0357. The molecule has 0 N–H and O–H groups in total. The molecule has 14 heteroatoms. The van der Waals surface area contributed by atoms with E-state index in [1.54, 1.807) is 6.07 Å². The molecule has 4 aromatic rings. The van der Waals surface area contributed by atoms with Gasteiger partial charge < -0.3 is 9.15 Å². The summed E-state index contributed by atoms with van der Waals surface area (Å²) < 4.78 is 10.2. The van der Waals surface area contributed by atoms with Gasteiger partial charge in [0.2, 0.25) is 5.76 Å². The van der Waals surface area contributed by atoms with Gasteiger partial charge in [-0.05, 0) is 48.5 Å². The number of halogens is 5. The van der Waals surface area contributed by atoms with E-state index in [1.807, 2.05) is 0 Å². The molecule has 3 aromatic carbocycles. The topological polar surface area (TPSA) is 114 Å². The van der Waals surface area contributed by atoms with Crippen molar-refractivity contribution in [1.29, 1.82) is 0 Å². The number of benzene rings is 3. The van der Waals surface area contributed by atoms with Crippen LogP contribution in [-0.4, -0.2) is 46.0 Å². The molecule has 0 saturated carbocycles. The van der Waals surface area contributed by atoms with Gasteiger partial charge in [-0.25, -0.2) is 9.80 Å². The lowest BCUT2D eigenvalue weighted by Gasteiger charge is -2.29. The third-order valence-corrected chi connectivity index (χ3v) is 8.19. The summed E-state index contributed by atoms with van der Waals surface area (Å²) in [5.41, 5.74) is -0.804. The summed E-state index contributed by atoms with van der Waals surface area (Å²) in [6.07, 6.45) is 1.31. The lowest BCUT2D eigenvalue weighted by molar-refractivity contribution is 0.00532. The van der Waals surface area contributed by atoms with Crippen molar-refractivity contribution < 1.29 is 33.1 Å². The average molecular weight is 667 g/mol. The predicted octanol–water partition coefficient (Wildman–Crippen LogP) is 7.30. The van der Waals surface area contributed by atoms with Crippen LogP contribution in [-0.2, 0) is 0 Å². The number of hydrogen-bond acceptors (Lipinski definition) is 7. The normalized spacial score (nSPS) is 12.4. The quantitative estimate of drug-likeness (QED) is 0.0508. The first-order valence-corrected chi connectivity index (χ1v) is 13.6. The number of hydrazine groups is 1. The van der Waals surface area contributed by atoms with Gasteiger partial charge in [0.15, 0.2) is 5.78 Å². The molecule has 0 saturated heterocycles. The first kappa shape index (κ1) is 29.6. The predicted molar refractivity (Wildman–Crippen MR) is 154 cm³/mol. The third-order valence-electron chi connectivity index (χ3n) is 6.06. The average Bonchev–Trinajstić information content (AvgIpc) is 3.61. The van der Waals surface area contributed by atoms with Crippen LogP contribution in [0.5, 0.6) is 5.75 Å². The zero-order valence-electron chi connectivity index (χ0n) is 20.7. The van der Waals surface area contributed by atoms with E-state index < -0.39 is 36.0 Å². The van der Waals surface area contributed by atoms with Crippen molar-refractivity contribution in [3.63, 3.8) is 0 Å². The van der Waals surface area contributed by atoms with Gasteiger partial charge in [0.05, 0.1) is 48.1 Å². The van der Waals surface area contributed by atoms with Crippen molar-refractivity contribution in [1.82, 2.24) is 10.0 Å². The molecule has 0 unspecified atom stereocenters. The van der Waals surface area contributed by atoms with E-state index in [9.17, 15) is 24.0 Å². The van der Waals surface area contributed by atoms with Crippen LogP contribution < -0.4 is 4.74 Å². The Balaban J connectivity index is 1.48. The number of nitrogens with zero attached hydrogens (tertiary/aromatic N) is 2. The molecule has 1 aliphatic rings. The van der Waals surface area contributed by atoms with Gasteiger partial charge in [0.25, 0.3) is 17.7 Å². The zero-order valence-corrected chi connectivity index (χ0v) is 24.5. The van der Waals surface area contributed by atoms with Crippen LogP contribution in [0.25, 0.3) is 0 Å². The molecule has 9 nitrogen and oxygen atoms in total. The van der Waals surface area contributed by atoms with Gasteiger partial charge in [-0.15, -0.1) is 0 Å². The number of carbonyl (C=O) groups excluding carboxylic acids is 5. The Morgan fingerprint density at radius 2 is 1.36 bits per heavy atom. The fourth-order valence-electron chi connectivity index (χ4n) is 4.05. The van der Waals surface area contributed by atoms with Gasteiger partial charge >= 0.3 is 5.97 Å². The number of imide groups is 1. The minimum atomic E-state index is -1.06. The molecule has 2 heterocycles. The molecule has 0 spiro atoms. The van der Waals surface area contributed by atoms with E-state index in [2.05, 4.69) is 0 Å². The van der Waals surface area contributed by atoms with Crippen molar-refractivity contribution in [2.75, 3.05) is 6.54 Å². The Bertz CT molecular complexity index is 1740. The monoisotopic (exact) mass is 664 g/mol. The Hall–Kier alpha value is -3.86. The molecule has 3 amide bonds. The van der Waals surface area contributed by atoms with Gasteiger partial charge in [-0.2, -0.15) is 5.01 Å². The Morgan fingerprint density at radius 1 is 0.762 bits per heavy atom. The standard InChI is InChI=1S/C28H13Cl5N2O7/c29-16-5-2-1-4-15(16)25(37)34(35-26(38)19-20(27(35)39)22(31)24(33)23(32)21(19)30)12-17(36)13-7-9-14(10-8-13)42-28(40)18-6-3-11-41-18/h1-11H,12H2. The molecule has 1 aliphatic heterocycles. The molecule has 0 radical (unpaired) electrons. The number of rotatable bonds is 7. The van der Waals surface area contributed by atoms with Crippen LogP contribution in [0.4, 0.5) is 0 Å². The van der Waals surface area contributed by atoms with Crippen LogP contribution in [0.15, 0.2) is 71.3 Å². The Kier molecular flexibility index (Phi) is 8.32. The second kappa shape index (κ2) is 11.8. The second-order valence-corrected chi connectivity index (χ2v) is 10.5. The van der Waals surface area contributed by atoms with Crippen LogP contribution >= 0.6 is 58.0 Å². The van der Waals surface area contributed by atoms with E-state index in [-0.39, 0.29) is 58.9 Å². The van der Waals surface area contributed by atoms with Crippen LogP contribution in [0, 0.1) is 0 Å². The van der Waals surface area contributed by atoms with Gasteiger partial charge in [0.1, 0.15) is 12.3 Å². The summed E-state index contributed by atoms with van der Waals surface area (Å²) in [5.74, 6) is -4.43. The molecule has 1 aromatic heterocycles. The molecule has 0 atom stereocenters. The number of esters is 1. The minimum absolute atomic E-state index is 0.00133. The Labute approximate surface area is 262 Å². The molecular formula is C28H13Cl5N2O7. The first-order valence-electron chi connectivity index (χ1n) is 11.7. The lowest BCUT2D eigenvalue weighted by Crippen LogP contribution is -2.51. The zero-order chi connectivity index (χ0) is 30.3. The SMILES string of the molecule is O=C(CN(C(=O)c1ccccc1Cl)N1C(=O)c2c(Cl)c(Cl)c(Cl)c(Cl)c2C1=O)c1ccc(OC(=O)c2ccco2)cc1. The number of fused-ring (bicyclic) bond motifs is 1. The smallest absolute Gasteiger partial charge is 0.379 e. The number of ketones is 1. The summed E-state index contributed by atoms with van der Waals surface area (Å²) in [5, 5.41) is -0.153. The molecule has 212 valence electrons. The first-order chi connectivity index (χ1) is 20.0. The molecule has 5 rings (SSSR count). The van der Waals surface area contributed by atoms with E-state index in [4.69, 9.17) is 67.2 Å². The maximum absolute atomic E-state index is 13.7. The van der Waals surface area contributed by atoms with Crippen molar-refractivity contribution in [2.24, 2.45) is 0 Å². The molecule has 0 fully saturated rings. The largest absolute Gasteiger partial charge is 0.457 e. The number of amides is 3. The van der Waals surface area contributed by atoms with Crippen LogP contribution in [0.1, 0.15) is 52.0 Å². The van der Waals surface area contributed by atoms with Crippen molar-refractivity contribution in [3.8, 4) is 5.75 Å². The number of carbonyl (C=O) groups is 5. The molecule has 42 heavy (non-hydrogen) atoms. The number of furan rings is 1. The maximum Gasteiger partial charge on any atom is 0.379 e. The number of Topliss-reactive ketones (excluding diaryl/α,β-unsaturated/α-hetero) is 1. The van der Waals surface area contributed by atoms with Crippen LogP contribution in [0.2, 0.25) is 25.1 Å². The van der Waals surface area contributed by atoms with Crippen molar-refractivity contribution in [3.05, 3.63) is 120 Å². The fourth-order valence-corrected chi connectivity index (χ4v) is 5.28. The summed E-state index contributed by atoms with van der Waals surface area (Å²) in [4.78, 5) is 66.3. The van der Waals surface area contributed by atoms with Crippen molar-refractivity contribution >= 4 is 87.5 Å². The third kappa shape index (κ3) is 5.26. The van der Waals surface area contributed by atoms with Gasteiger partial charge in [-0.3, -0.25) is 19.2 Å². The second-order valence-electron chi connectivity index (χ2n) is 8.59. The highest BCUT2D eigenvalue weighted by Gasteiger charge is 2.46. The minimum Gasteiger partial charge on any atom is -0.457 e.